The zero-order valence-corrected chi connectivity index (χ0v) is 17.4. The molecule has 0 unspecified atom stereocenters. The van der Waals surface area contributed by atoms with Crippen LogP contribution in [0.2, 0.25) is 0 Å². The van der Waals surface area contributed by atoms with Crippen molar-refractivity contribution < 1.29 is 24.1 Å². The van der Waals surface area contributed by atoms with E-state index in [1.54, 1.807) is 43.5 Å². The number of carboxylic acid groups (broad SMARTS) is 1. The minimum Gasteiger partial charge on any atom is -0.497 e. The molecule has 2 N–H and O–H groups in total. The molecule has 160 valence electrons. The van der Waals surface area contributed by atoms with E-state index >= 15 is 0 Å². The van der Waals surface area contributed by atoms with Crippen LogP contribution in [0.5, 0.6) is 23.0 Å². The minimum absolute atomic E-state index is 0.0656. The maximum absolute atomic E-state index is 11.4. The fourth-order valence-corrected chi connectivity index (χ4v) is 3.30. The molecule has 0 aromatic heterocycles. The van der Waals surface area contributed by atoms with Crippen LogP contribution in [0, 0.1) is 5.41 Å². The largest absolute Gasteiger partial charge is 0.497 e. The van der Waals surface area contributed by atoms with E-state index in [-0.39, 0.29) is 12.2 Å². The standard InChI is InChI=1S/C26H21NO5/c1-30-19-8-10-20(11-9-19)32-22-6-2-5-18(15-22)25(27)16-31-21-12-13-23-17(14-21)4-3-7-24(23)26(28)29/h2-15,27H,16H2,1H3,(H,28,29). The van der Waals surface area contributed by atoms with Gasteiger partial charge in [-0.1, -0.05) is 24.3 Å². The lowest BCUT2D eigenvalue weighted by Crippen LogP contribution is -2.11. The summed E-state index contributed by atoms with van der Waals surface area (Å²) < 4.78 is 16.8. The molecule has 0 atom stereocenters. The van der Waals surface area contributed by atoms with Crippen molar-refractivity contribution in [1.82, 2.24) is 0 Å². The van der Waals surface area contributed by atoms with Crippen LogP contribution in [0.25, 0.3) is 10.8 Å². The molecule has 0 spiro atoms. The van der Waals surface area contributed by atoms with Gasteiger partial charge in [0.1, 0.15) is 29.6 Å². The molecule has 0 bridgehead atoms. The molecular weight excluding hydrogens is 406 g/mol. The number of hydrogen-bond donors (Lipinski definition) is 2. The van der Waals surface area contributed by atoms with Crippen LogP contribution >= 0.6 is 0 Å². The van der Waals surface area contributed by atoms with Crippen LogP contribution < -0.4 is 14.2 Å². The molecule has 4 rings (SSSR count). The molecule has 4 aromatic carbocycles. The normalized spacial score (nSPS) is 10.5. The summed E-state index contributed by atoms with van der Waals surface area (Å²) in [6.07, 6.45) is 0. The van der Waals surface area contributed by atoms with Gasteiger partial charge < -0.3 is 24.7 Å². The first-order valence-electron chi connectivity index (χ1n) is 9.92. The van der Waals surface area contributed by atoms with Crippen molar-refractivity contribution in [3.05, 3.63) is 96.1 Å². The predicted molar refractivity (Wildman–Crippen MR) is 123 cm³/mol. The Hall–Kier alpha value is -4.32. The lowest BCUT2D eigenvalue weighted by Gasteiger charge is -2.11. The highest BCUT2D eigenvalue weighted by Gasteiger charge is 2.10. The number of carbonyl (C=O) groups is 1. The van der Waals surface area contributed by atoms with Crippen molar-refractivity contribution in [2.75, 3.05) is 13.7 Å². The highest BCUT2D eigenvalue weighted by atomic mass is 16.5. The van der Waals surface area contributed by atoms with E-state index in [1.165, 1.54) is 0 Å². The molecule has 0 heterocycles. The Morgan fingerprint density at radius 3 is 2.31 bits per heavy atom. The Morgan fingerprint density at radius 1 is 0.844 bits per heavy atom. The SMILES string of the molecule is COc1ccc(Oc2cccc(C(=N)COc3ccc4c(C(=O)O)cccc4c3)c2)cc1. The Kier molecular flexibility index (Phi) is 6.03. The number of ether oxygens (including phenoxy) is 3. The van der Waals surface area contributed by atoms with Crippen molar-refractivity contribution in [3.8, 4) is 23.0 Å². The van der Waals surface area contributed by atoms with E-state index in [2.05, 4.69) is 0 Å². The number of rotatable bonds is 8. The van der Waals surface area contributed by atoms with E-state index < -0.39 is 5.97 Å². The molecular formula is C26H21NO5. The van der Waals surface area contributed by atoms with Crippen LogP contribution in [-0.2, 0) is 0 Å². The third-order valence-corrected chi connectivity index (χ3v) is 4.94. The maximum atomic E-state index is 11.4. The summed E-state index contributed by atoms with van der Waals surface area (Å²) in [7, 11) is 1.61. The second-order valence-corrected chi connectivity index (χ2v) is 7.07. The Bertz CT molecular complexity index is 1280. The maximum Gasteiger partial charge on any atom is 0.336 e. The Morgan fingerprint density at radius 2 is 1.56 bits per heavy atom. The second kappa shape index (κ2) is 9.22. The summed E-state index contributed by atoms with van der Waals surface area (Å²) in [5.41, 5.74) is 1.23. The van der Waals surface area contributed by atoms with Gasteiger partial charge >= 0.3 is 5.97 Å². The van der Waals surface area contributed by atoms with Gasteiger partial charge in [0.05, 0.1) is 18.4 Å². The van der Waals surface area contributed by atoms with E-state index in [0.717, 1.165) is 11.1 Å². The average molecular weight is 427 g/mol. The van der Waals surface area contributed by atoms with Crippen molar-refractivity contribution in [1.29, 1.82) is 5.41 Å². The van der Waals surface area contributed by atoms with Gasteiger partial charge in [-0.2, -0.15) is 0 Å². The number of carboxylic acids is 1. The first-order chi connectivity index (χ1) is 15.5. The van der Waals surface area contributed by atoms with Gasteiger partial charge in [-0.3, -0.25) is 0 Å². The van der Waals surface area contributed by atoms with Crippen LogP contribution in [0.15, 0.2) is 84.9 Å². The number of aromatic carboxylic acids is 1. The van der Waals surface area contributed by atoms with Gasteiger partial charge in [-0.05, 0) is 71.4 Å². The van der Waals surface area contributed by atoms with Crippen LogP contribution in [0.1, 0.15) is 15.9 Å². The summed E-state index contributed by atoms with van der Waals surface area (Å²) in [5, 5.41) is 19.1. The van der Waals surface area contributed by atoms with E-state index in [9.17, 15) is 9.90 Å². The third kappa shape index (κ3) is 4.70. The smallest absolute Gasteiger partial charge is 0.336 e. The van der Waals surface area contributed by atoms with E-state index in [0.29, 0.717) is 33.9 Å². The lowest BCUT2D eigenvalue weighted by molar-refractivity contribution is 0.0699. The van der Waals surface area contributed by atoms with Crippen LogP contribution in [0.4, 0.5) is 0 Å². The van der Waals surface area contributed by atoms with Gasteiger partial charge in [0.15, 0.2) is 0 Å². The molecule has 0 saturated heterocycles. The van der Waals surface area contributed by atoms with Crippen LogP contribution in [-0.4, -0.2) is 30.5 Å². The molecule has 6 nitrogen and oxygen atoms in total. The molecule has 0 aliphatic carbocycles. The quantitative estimate of drug-likeness (QED) is 0.348. The summed E-state index contributed by atoms with van der Waals surface area (Å²) in [6, 6.07) is 24.8. The predicted octanol–water partition coefficient (Wildman–Crippen LogP) is 5.79. The molecule has 32 heavy (non-hydrogen) atoms. The number of benzene rings is 4. The zero-order chi connectivity index (χ0) is 22.5. The average Bonchev–Trinajstić information content (AvgIpc) is 2.82. The zero-order valence-electron chi connectivity index (χ0n) is 17.4. The van der Waals surface area contributed by atoms with Crippen molar-refractivity contribution in [3.63, 3.8) is 0 Å². The van der Waals surface area contributed by atoms with Gasteiger partial charge in [0.25, 0.3) is 0 Å². The van der Waals surface area contributed by atoms with Crippen molar-refractivity contribution >= 4 is 22.5 Å². The first-order valence-corrected chi connectivity index (χ1v) is 9.92. The summed E-state index contributed by atoms with van der Waals surface area (Å²) in [5.74, 6) is 1.63. The molecule has 0 aliphatic rings. The van der Waals surface area contributed by atoms with Gasteiger partial charge in [-0.25, -0.2) is 4.79 Å². The monoisotopic (exact) mass is 427 g/mol. The minimum atomic E-state index is -0.970. The van der Waals surface area contributed by atoms with Crippen molar-refractivity contribution in [2.24, 2.45) is 0 Å². The lowest BCUT2D eigenvalue weighted by atomic mass is 10.0. The fourth-order valence-electron chi connectivity index (χ4n) is 3.30. The van der Waals surface area contributed by atoms with Gasteiger partial charge in [0.2, 0.25) is 0 Å². The highest BCUT2D eigenvalue weighted by molar-refractivity contribution is 6.04. The first kappa shape index (κ1) is 20.9. The van der Waals surface area contributed by atoms with Crippen LogP contribution in [0.3, 0.4) is 0 Å². The highest BCUT2D eigenvalue weighted by Crippen LogP contribution is 2.26. The molecule has 0 amide bonds. The fraction of sp³-hybridized carbons (Fsp3) is 0.0769. The van der Waals surface area contributed by atoms with E-state index in [1.807, 2.05) is 48.5 Å². The Labute approximate surface area is 185 Å². The van der Waals surface area contributed by atoms with Gasteiger partial charge in [-0.15, -0.1) is 0 Å². The van der Waals surface area contributed by atoms with Gasteiger partial charge in [0, 0.05) is 5.56 Å². The topological polar surface area (TPSA) is 88.8 Å². The third-order valence-electron chi connectivity index (χ3n) is 4.94. The molecule has 0 aliphatic heterocycles. The molecule has 0 radical (unpaired) electrons. The molecule has 0 fully saturated rings. The van der Waals surface area contributed by atoms with Crippen molar-refractivity contribution in [2.45, 2.75) is 0 Å². The number of hydrogen-bond acceptors (Lipinski definition) is 5. The summed E-state index contributed by atoms with van der Waals surface area (Å²) in [4.78, 5) is 11.4. The second-order valence-electron chi connectivity index (χ2n) is 7.07. The Balaban J connectivity index is 1.44. The number of fused-ring (bicyclic) bond motifs is 1. The van der Waals surface area contributed by atoms with E-state index in [4.69, 9.17) is 19.6 Å². The number of nitrogens with one attached hydrogen (secondary N) is 1. The number of methoxy groups -OCH3 is 1. The summed E-state index contributed by atoms with van der Waals surface area (Å²) >= 11 is 0. The molecule has 4 aromatic rings. The summed E-state index contributed by atoms with van der Waals surface area (Å²) in [6.45, 7) is 0.0656. The molecule has 6 heteroatoms. The molecule has 0 saturated carbocycles.